The number of aliphatic hydroxyl groups is 1. The third-order valence-corrected chi connectivity index (χ3v) is 6.40. The number of halogens is 1. The molecule has 1 saturated heterocycles. The van der Waals surface area contributed by atoms with Crippen LogP contribution in [0.1, 0.15) is 63.1 Å². The van der Waals surface area contributed by atoms with Gasteiger partial charge in [0.1, 0.15) is 17.3 Å². The van der Waals surface area contributed by atoms with E-state index in [1.165, 1.54) is 41.3 Å². The first-order valence-electron chi connectivity index (χ1n) is 12.4. The molecular weight excluding hydrogens is 447 g/mol. The molecule has 0 radical (unpaired) electrons. The fraction of sp³-hybridized carbons (Fsp3) is 0.429. The number of ketones is 1. The van der Waals surface area contributed by atoms with Crippen LogP contribution < -0.4 is 0 Å². The van der Waals surface area contributed by atoms with Crippen molar-refractivity contribution in [3.63, 3.8) is 0 Å². The fourth-order valence-corrected chi connectivity index (χ4v) is 4.44. The molecule has 1 aliphatic heterocycles. The van der Waals surface area contributed by atoms with Crippen molar-refractivity contribution in [1.82, 2.24) is 9.80 Å². The summed E-state index contributed by atoms with van der Waals surface area (Å²) in [6.45, 7) is 7.49. The van der Waals surface area contributed by atoms with E-state index in [1.54, 1.807) is 12.1 Å². The zero-order valence-electron chi connectivity index (χ0n) is 20.5. The van der Waals surface area contributed by atoms with Gasteiger partial charge < -0.3 is 20.0 Å². The van der Waals surface area contributed by atoms with Gasteiger partial charge >= 0.3 is 0 Å². The highest BCUT2D eigenvalue weighted by atomic mass is 19.1. The number of hydrogen-bond acceptors (Lipinski definition) is 5. The second-order valence-corrected chi connectivity index (χ2v) is 8.99. The Morgan fingerprint density at radius 3 is 2.06 bits per heavy atom. The molecule has 35 heavy (non-hydrogen) atoms. The van der Waals surface area contributed by atoms with Gasteiger partial charge in [-0.1, -0.05) is 38.8 Å². The van der Waals surface area contributed by atoms with Gasteiger partial charge in [-0.25, -0.2) is 4.39 Å². The number of Topliss-reactive ketones (excluding diaryl/α,β-unsaturated/α-hetero) is 1. The van der Waals surface area contributed by atoms with Crippen LogP contribution in [0.25, 0.3) is 5.76 Å². The van der Waals surface area contributed by atoms with Crippen molar-refractivity contribution in [1.29, 1.82) is 0 Å². The number of nitrogens with zero attached hydrogens (tertiary/aromatic N) is 2. The van der Waals surface area contributed by atoms with Gasteiger partial charge in [0, 0.05) is 12.1 Å². The third kappa shape index (κ3) is 6.48. The molecule has 0 aromatic heterocycles. The number of phenolic OH excluding ortho intramolecular Hbond substituents is 1. The maximum Gasteiger partial charge on any atom is 0.295 e. The van der Waals surface area contributed by atoms with Crippen molar-refractivity contribution in [3.05, 3.63) is 71.0 Å². The number of aliphatic hydroxyl groups excluding tert-OH is 1. The predicted octanol–water partition coefficient (Wildman–Crippen LogP) is 5.25. The highest BCUT2D eigenvalue weighted by Crippen LogP contribution is 2.39. The first-order chi connectivity index (χ1) is 16.9. The van der Waals surface area contributed by atoms with Crippen molar-refractivity contribution in [2.75, 3.05) is 26.2 Å². The van der Waals surface area contributed by atoms with E-state index in [9.17, 15) is 24.2 Å². The SMILES string of the molecule is CCCCN(CCCC)CCCN1C(=O)C(=O)/C(=C(\O)c2ccc(F)cc2)C1c1ccc(O)cc1. The second kappa shape index (κ2) is 12.5. The minimum Gasteiger partial charge on any atom is -0.508 e. The Bertz CT molecular complexity index is 1030. The van der Waals surface area contributed by atoms with Gasteiger partial charge in [-0.3, -0.25) is 9.59 Å². The molecule has 6 nitrogen and oxygen atoms in total. The minimum atomic E-state index is -0.791. The zero-order valence-corrected chi connectivity index (χ0v) is 20.5. The van der Waals surface area contributed by atoms with Crippen molar-refractivity contribution < 1.29 is 24.2 Å². The molecular formula is C28H35FN2O4. The average Bonchev–Trinajstić information content (AvgIpc) is 3.10. The molecule has 2 aromatic rings. The van der Waals surface area contributed by atoms with E-state index in [1.807, 2.05) is 0 Å². The molecule has 0 aliphatic carbocycles. The number of phenols is 1. The monoisotopic (exact) mass is 482 g/mol. The summed E-state index contributed by atoms with van der Waals surface area (Å²) in [6, 6.07) is 10.6. The molecule has 1 unspecified atom stereocenters. The van der Waals surface area contributed by atoms with Crippen LogP contribution in [0, 0.1) is 5.82 Å². The summed E-state index contributed by atoms with van der Waals surface area (Å²) in [7, 11) is 0. The number of rotatable bonds is 12. The number of benzene rings is 2. The van der Waals surface area contributed by atoms with E-state index < -0.39 is 23.5 Å². The molecule has 1 atom stereocenters. The topological polar surface area (TPSA) is 81.1 Å². The Labute approximate surface area is 206 Å². The summed E-state index contributed by atoms with van der Waals surface area (Å²) in [5.41, 5.74) is 0.846. The molecule has 0 saturated carbocycles. The molecule has 2 aromatic carbocycles. The molecule has 1 heterocycles. The van der Waals surface area contributed by atoms with Crippen LogP contribution in [0.2, 0.25) is 0 Å². The van der Waals surface area contributed by atoms with Gasteiger partial charge in [0.15, 0.2) is 0 Å². The Balaban J connectivity index is 1.90. The van der Waals surface area contributed by atoms with Gasteiger partial charge in [-0.05, 0) is 80.9 Å². The van der Waals surface area contributed by atoms with Crippen LogP contribution in [0.15, 0.2) is 54.1 Å². The van der Waals surface area contributed by atoms with Crippen LogP contribution >= 0.6 is 0 Å². The summed E-state index contributed by atoms with van der Waals surface area (Å²) >= 11 is 0. The first-order valence-corrected chi connectivity index (χ1v) is 12.4. The third-order valence-electron chi connectivity index (χ3n) is 6.40. The van der Waals surface area contributed by atoms with E-state index in [0.717, 1.165) is 45.3 Å². The number of carbonyl (C=O) groups is 2. The van der Waals surface area contributed by atoms with Crippen molar-refractivity contribution in [2.24, 2.45) is 0 Å². The summed E-state index contributed by atoms with van der Waals surface area (Å²) in [4.78, 5) is 30.1. The van der Waals surface area contributed by atoms with E-state index in [0.29, 0.717) is 18.5 Å². The summed E-state index contributed by atoms with van der Waals surface area (Å²) in [5, 5.41) is 20.8. The van der Waals surface area contributed by atoms with Crippen LogP contribution in [0.3, 0.4) is 0 Å². The van der Waals surface area contributed by atoms with Gasteiger partial charge in [0.25, 0.3) is 11.7 Å². The Hall–Kier alpha value is -3.19. The van der Waals surface area contributed by atoms with E-state index in [2.05, 4.69) is 18.7 Å². The van der Waals surface area contributed by atoms with Gasteiger partial charge in [-0.2, -0.15) is 0 Å². The maximum atomic E-state index is 13.4. The number of aromatic hydroxyl groups is 1. The van der Waals surface area contributed by atoms with Crippen LogP contribution in [-0.4, -0.2) is 57.9 Å². The number of hydrogen-bond donors (Lipinski definition) is 2. The van der Waals surface area contributed by atoms with Crippen LogP contribution in [-0.2, 0) is 9.59 Å². The van der Waals surface area contributed by atoms with E-state index >= 15 is 0 Å². The number of amides is 1. The van der Waals surface area contributed by atoms with Crippen molar-refractivity contribution in [3.8, 4) is 5.75 Å². The van der Waals surface area contributed by atoms with Crippen LogP contribution in [0.5, 0.6) is 5.75 Å². The lowest BCUT2D eigenvalue weighted by atomic mass is 9.95. The maximum absolute atomic E-state index is 13.4. The van der Waals surface area contributed by atoms with Crippen LogP contribution in [0.4, 0.5) is 4.39 Å². The lowest BCUT2D eigenvalue weighted by Gasteiger charge is -2.27. The standard InChI is InChI=1S/C28H35FN2O4/c1-3-5-16-30(17-6-4-2)18-7-19-31-25(20-10-14-23(32)15-11-20)24(27(34)28(31)35)26(33)21-8-12-22(29)13-9-21/h8-15,25,32-33H,3-7,16-19H2,1-2H3/b26-24-. The molecule has 1 amide bonds. The predicted molar refractivity (Wildman–Crippen MR) is 134 cm³/mol. The summed E-state index contributed by atoms with van der Waals surface area (Å²) in [5.74, 6) is -2.17. The molecule has 0 bridgehead atoms. The van der Waals surface area contributed by atoms with Crippen molar-refractivity contribution >= 4 is 17.4 Å². The number of unbranched alkanes of at least 4 members (excludes halogenated alkanes) is 2. The lowest BCUT2D eigenvalue weighted by Crippen LogP contribution is -2.34. The van der Waals surface area contributed by atoms with Gasteiger partial charge in [-0.15, -0.1) is 0 Å². The Morgan fingerprint density at radius 2 is 1.49 bits per heavy atom. The van der Waals surface area contributed by atoms with Gasteiger partial charge in [0.05, 0.1) is 11.6 Å². The first kappa shape index (κ1) is 26.4. The molecule has 1 aliphatic rings. The zero-order chi connectivity index (χ0) is 25.4. The molecule has 188 valence electrons. The van der Waals surface area contributed by atoms with E-state index in [-0.39, 0.29) is 22.6 Å². The molecule has 2 N–H and O–H groups in total. The number of likely N-dealkylation sites (tertiary alicyclic amines) is 1. The normalized spacial score (nSPS) is 17.5. The van der Waals surface area contributed by atoms with Gasteiger partial charge in [0.2, 0.25) is 0 Å². The summed E-state index contributed by atoms with van der Waals surface area (Å²) < 4.78 is 13.4. The number of carbonyl (C=O) groups excluding carboxylic acids is 2. The summed E-state index contributed by atoms with van der Waals surface area (Å²) in [6.07, 6.45) is 5.13. The minimum absolute atomic E-state index is 0.0267. The molecule has 3 rings (SSSR count). The largest absolute Gasteiger partial charge is 0.508 e. The Kier molecular flexibility index (Phi) is 9.43. The lowest BCUT2D eigenvalue weighted by molar-refractivity contribution is -0.140. The molecule has 1 fully saturated rings. The molecule has 7 heteroatoms. The highest BCUT2D eigenvalue weighted by Gasteiger charge is 2.45. The second-order valence-electron chi connectivity index (χ2n) is 8.99. The quantitative estimate of drug-likeness (QED) is 0.246. The van der Waals surface area contributed by atoms with E-state index in [4.69, 9.17) is 0 Å². The smallest absolute Gasteiger partial charge is 0.295 e. The Morgan fingerprint density at radius 1 is 0.914 bits per heavy atom. The average molecular weight is 483 g/mol. The fourth-order valence-electron chi connectivity index (χ4n) is 4.44. The molecule has 0 spiro atoms. The van der Waals surface area contributed by atoms with Crippen molar-refractivity contribution in [2.45, 2.75) is 52.0 Å². The highest BCUT2D eigenvalue weighted by molar-refractivity contribution is 6.46.